The maximum atomic E-state index is 10.9. The van der Waals surface area contributed by atoms with E-state index in [1.807, 2.05) is 0 Å². The van der Waals surface area contributed by atoms with Gasteiger partial charge in [-0.25, -0.2) is 20.8 Å². The molecule has 0 spiro atoms. The predicted molar refractivity (Wildman–Crippen MR) is 72.8 cm³/mol. The molecule has 0 saturated carbocycles. The third kappa shape index (κ3) is 3.14. The number of hydrazine groups is 1. The van der Waals surface area contributed by atoms with Gasteiger partial charge < -0.3 is 10.7 Å². The van der Waals surface area contributed by atoms with E-state index < -0.39 is 4.92 Å². The summed E-state index contributed by atoms with van der Waals surface area (Å²) in [7, 11) is 0. The molecule has 104 valence electrons. The summed E-state index contributed by atoms with van der Waals surface area (Å²) < 4.78 is 0. The van der Waals surface area contributed by atoms with Crippen LogP contribution in [0.2, 0.25) is 0 Å². The molecule has 0 atom stereocenters. The number of hydrogen-bond acceptors (Lipinski definition) is 8. The van der Waals surface area contributed by atoms with Gasteiger partial charge in [-0.05, 0) is 19.1 Å². The Balaban J connectivity index is 2.21. The first kappa shape index (κ1) is 13.6. The van der Waals surface area contributed by atoms with Crippen molar-refractivity contribution in [1.29, 1.82) is 0 Å². The maximum Gasteiger partial charge on any atom is 0.311 e. The molecule has 4 N–H and O–H groups in total. The molecule has 0 saturated heterocycles. The number of pyridine rings is 1. The van der Waals surface area contributed by atoms with E-state index in [-0.39, 0.29) is 11.5 Å². The number of nitro groups is 1. The van der Waals surface area contributed by atoms with Crippen molar-refractivity contribution >= 4 is 17.3 Å². The summed E-state index contributed by atoms with van der Waals surface area (Å²) in [5.74, 6) is 6.33. The number of hydrogen-bond donors (Lipinski definition) is 3. The normalized spacial score (nSPS) is 10.1. The SMILES string of the molecule is Cc1nccc(CNc2nc(NN)ccc2[N+](=O)[O-])n1. The molecule has 9 heteroatoms. The summed E-state index contributed by atoms with van der Waals surface area (Å²) in [6.45, 7) is 2.06. The molecule has 0 fully saturated rings. The standard InChI is InChI=1S/C11H13N7O2/c1-7-13-5-4-8(15-7)6-14-11-9(18(19)20)2-3-10(16-11)17-12/h2-5H,6,12H2,1H3,(H2,14,16,17). The van der Waals surface area contributed by atoms with Gasteiger partial charge in [-0.1, -0.05) is 0 Å². The summed E-state index contributed by atoms with van der Waals surface area (Å²) in [5, 5.41) is 13.8. The first-order valence-corrected chi connectivity index (χ1v) is 5.74. The summed E-state index contributed by atoms with van der Waals surface area (Å²) in [6.07, 6.45) is 1.62. The molecule has 0 unspecified atom stereocenters. The molecule has 2 aromatic rings. The van der Waals surface area contributed by atoms with Crippen LogP contribution in [0.25, 0.3) is 0 Å². The van der Waals surface area contributed by atoms with Gasteiger partial charge in [-0.15, -0.1) is 0 Å². The number of aryl methyl sites for hydroxylation is 1. The van der Waals surface area contributed by atoms with Gasteiger partial charge in [0.1, 0.15) is 11.6 Å². The topological polar surface area (TPSA) is 132 Å². The average Bonchev–Trinajstić information content (AvgIpc) is 2.44. The smallest absolute Gasteiger partial charge is 0.311 e. The summed E-state index contributed by atoms with van der Waals surface area (Å²) in [5.41, 5.74) is 2.92. The molecule has 0 aliphatic rings. The average molecular weight is 275 g/mol. The molecular formula is C11H13N7O2. The minimum absolute atomic E-state index is 0.127. The lowest BCUT2D eigenvalue weighted by atomic mass is 10.3. The predicted octanol–water partition coefficient (Wildman–Crippen LogP) is 0.986. The maximum absolute atomic E-state index is 10.9. The quantitative estimate of drug-likeness (QED) is 0.418. The fourth-order valence-corrected chi connectivity index (χ4v) is 1.59. The Bertz CT molecular complexity index is 632. The third-order valence-electron chi connectivity index (χ3n) is 2.49. The van der Waals surface area contributed by atoms with Gasteiger partial charge in [-0.3, -0.25) is 10.1 Å². The van der Waals surface area contributed by atoms with Crippen LogP contribution in [0, 0.1) is 17.0 Å². The highest BCUT2D eigenvalue weighted by Crippen LogP contribution is 2.23. The van der Waals surface area contributed by atoms with Crippen LogP contribution < -0.4 is 16.6 Å². The van der Waals surface area contributed by atoms with Crippen molar-refractivity contribution in [3.8, 4) is 0 Å². The van der Waals surface area contributed by atoms with Crippen LogP contribution in [0.4, 0.5) is 17.3 Å². The number of anilines is 2. The van der Waals surface area contributed by atoms with E-state index in [0.29, 0.717) is 23.9 Å². The van der Waals surface area contributed by atoms with Crippen LogP contribution in [-0.2, 0) is 6.54 Å². The van der Waals surface area contributed by atoms with Crippen molar-refractivity contribution in [3.05, 3.63) is 46.0 Å². The summed E-state index contributed by atoms with van der Waals surface area (Å²) >= 11 is 0. The number of nitrogens with two attached hydrogens (primary N) is 1. The van der Waals surface area contributed by atoms with Gasteiger partial charge in [0.15, 0.2) is 0 Å². The van der Waals surface area contributed by atoms with Crippen LogP contribution in [0.15, 0.2) is 24.4 Å². The molecular weight excluding hydrogens is 262 g/mol. The van der Waals surface area contributed by atoms with Gasteiger partial charge in [-0.2, -0.15) is 0 Å². The number of aromatic nitrogens is 3. The highest BCUT2D eigenvalue weighted by atomic mass is 16.6. The van der Waals surface area contributed by atoms with Gasteiger partial charge in [0.25, 0.3) is 0 Å². The Morgan fingerprint density at radius 3 is 2.80 bits per heavy atom. The molecule has 9 nitrogen and oxygen atoms in total. The molecule has 0 amide bonds. The van der Waals surface area contributed by atoms with E-state index in [2.05, 4.69) is 25.7 Å². The number of nitrogens with one attached hydrogen (secondary N) is 2. The molecule has 2 heterocycles. The fraction of sp³-hybridized carbons (Fsp3) is 0.182. The number of nitrogens with zero attached hydrogens (tertiary/aromatic N) is 4. The van der Waals surface area contributed by atoms with Gasteiger partial charge in [0.2, 0.25) is 5.82 Å². The third-order valence-corrected chi connectivity index (χ3v) is 2.49. The molecule has 0 bridgehead atoms. The highest BCUT2D eigenvalue weighted by Gasteiger charge is 2.15. The van der Waals surface area contributed by atoms with E-state index in [1.165, 1.54) is 12.1 Å². The van der Waals surface area contributed by atoms with Gasteiger partial charge in [0, 0.05) is 12.3 Å². The molecule has 2 rings (SSSR count). The lowest BCUT2D eigenvalue weighted by Crippen LogP contribution is -2.11. The molecule has 20 heavy (non-hydrogen) atoms. The van der Waals surface area contributed by atoms with Crippen molar-refractivity contribution in [3.63, 3.8) is 0 Å². The Morgan fingerprint density at radius 2 is 2.15 bits per heavy atom. The lowest BCUT2D eigenvalue weighted by molar-refractivity contribution is -0.384. The van der Waals surface area contributed by atoms with Crippen molar-refractivity contribution in [2.45, 2.75) is 13.5 Å². The minimum Gasteiger partial charge on any atom is -0.359 e. The fourth-order valence-electron chi connectivity index (χ4n) is 1.59. The molecule has 0 aromatic carbocycles. The van der Waals surface area contributed by atoms with E-state index in [4.69, 9.17) is 5.84 Å². The highest BCUT2D eigenvalue weighted by molar-refractivity contribution is 5.60. The Hall–Kier alpha value is -2.81. The van der Waals surface area contributed by atoms with Crippen LogP contribution in [0.5, 0.6) is 0 Å². The number of nitrogen functional groups attached to an aromatic ring is 1. The largest absolute Gasteiger partial charge is 0.359 e. The number of rotatable bonds is 5. The second-order valence-electron chi connectivity index (χ2n) is 3.91. The lowest BCUT2D eigenvalue weighted by Gasteiger charge is -2.07. The van der Waals surface area contributed by atoms with Crippen molar-refractivity contribution in [2.24, 2.45) is 5.84 Å². The van der Waals surface area contributed by atoms with Crippen LogP contribution in [0.1, 0.15) is 11.5 Å². The molecule has 0 aliphatic heterocycles. The van der Waals surface area contributed by atoms with Crippen molar-refractivity contribution in [1.82, 2.24) is 15.0 Å². The Kier molecular flexibility index (Phi) is 4.01. The summed E-state index contributed by atoms with van der Waals surface area (Å²) in [6, 6.07) is 4.48. The van der Waals surface area contributed by atoms with Crippen LogP contribution >= 0.6 is 0 Å². The van der Waals surface area contributed by atoms with E-state index in [0.717, 1.165) is 0 Å². The molecule has 2 aromatic heterocycles. The Morgan fingerprint density at radius 1 is 1.35 bits per heavy atom. The zero-order chi connectivity index (χ0) is 14.5. The van der Waals surface area contributed by atoms with Crippen molar-refractivity contribution in [2.75, 3.05) is 10.7 Å². The second kappa shape index (κ2) is 5.89. The van der Waals surface area contributed by atoms with Gasteiger partial charge >= 0.3 is 5.69 Å². The molecule has 0 radical (unpaired) electrons. The Labute approximate surface area is 114 Å². The first-order chi connectivity index (χ1) is 9.60. The second-order valence-corrected chi connectivity index (χ2v) is 3.91. The minimum atomic E-state index is -0.513. The van der Waals surface area contributed by atoms with Crippen molar-refractivity contribution < 1.29 is 4.92 Å². The zero-order valence-corrected chi connectivity index (χ0v) is 10.7. The monoisotopic (exact) mass is 275 g/mol. The molecule has 0 aliphatic carbocycles. The van der Waals surface area contributed by atoms with E-state index in [9.17, 15) is 10.1 Å². The van der Waals surface area contributed by atoms with E-state index >= 15 is 0 Å². The first-order valence-electron chi connectivity index (χ1n) is 5.74. The van der Waals surface area contributed by atoms with Gasteiger partial charge in [0.05, 0.1) is 17.2 Å². The zero-order valence-electron chi connectivity index (χ0n) is 10.7. The van der Waals surface area contributed by atoms with Crippen LogP contribution in [0.3, 0.4) is 0 Å². The van der Waals surface area contributed by atoms with E-state index in [1.54, 1.807) is 19.2 Å². The van der Waals surface area contributed by atoms with Crippen LogP contribution in [-0.4, -0.2) is 19.9 Å². The summed E-state index contributed by atoms with van der Waals surface area (Å²) in [4.78, 5) is 22.6.